The minimum Gasteiger partial charge on any atom is -0.349 e. The summed E-state index contributed by atoms with van der Waals surface area (Å²) in [6.45, 7) is 0.784. The molecule has 0 amide bonds. The molecule has 0 saturated heterocycles. The Morgan fingerprint density at radius 2 is 2.12 bits per heavy atom. The van der Waals surface area contributed by atoms with E-state index in [9.17, 15) is 0 Å². The maximum absolute atomic E-state index is 5.53. The van der Waals surface area contributed by atoms with Gasteiger partial charge in [0.2, 0.25) is 0 Å². The van der Waals surface area contributed by atoms with Crippen LogP contribution in [-0.4, -0.2) is 11.1 Å². The van der Waals surface area contributed by atoms with Gasteiger partial charge in [0.25, 0.3) is 0 Å². The van der Waals surface area contributed by atoms with Crippen LogP contribution in [0.3, 0.4) is 0 Å². The second-order valence-electron chi connectivity index (χ2n) is 4.14. The van der Waals surface area contributed by atoms with Crippen molar-refractivity contribution in [2.24, 2.45) is 12.8 Å². The number of hydrogen-bond acceptors (Lipinski definition) is 1. The number of aromatic nitrogens is 1. The summed E-state index contributed by atoms with van der Waals surface area (Å²) >= 11 is 3.63. The first kappa shape index (κ1) is 11.7. The third-order valence-corrected chi connectivity index (χ3v) is 3.56. The molecule has 1 aromatic carbocycles. The molecule has 0 aliphatic heterocycles. The lowest BCUT2D eigenvalue weighted by Crippen LogP contribution is -1.99. The zero-order valence-electron chi connectivity index (χ0n) is 9.54. The normalized spacial score (nSPS) is 11.2. The summed E-state index contributed by atoms with van der Waals surface area (Å²) in [5, 5.41) is 1.35. The number of rotatable bonds is 4. The van der Waals surface area contributed by atoms with Crippen molar-refractivity contribution < 1.29 is 0 Å². The molecule has 2 N–H and O–H groups in total. The van der Waals surface area contributed by atoms with Crippen LogP contribution in [0.2, 0.25) is 0 Å². The van der Waals surface area contributed by atoms with Crippen LogP contribution in [0.25, 0.3) is 10.9 Å². The van der Waals surface area contributed by atoms with Gasteiger partial charge < -0.3 is 10.3 Å². The molecule has 0 aliphatic carbocycles. The topological polar surface area (TPSA) is 30.9 Å². The molecule has 0 unspecified atom stereocenters. The van der Waals surface area contributed by atoms with Gasteiger partial charge in [-0.1, -0.05) is 12.1 Å². The lowest BCUT2D eigenvalue weighted by Gasteiger charge is -2.04. The molecule has 0 atom stereocenters. The molecule has 0 aliphatic rings. The maximum atomic E-state index is 5.53. The molecule has 0 fully saturated rings. The predicted molar refractivity (Wildman–Crippen MR) is 72.6 cm³/mol. The van der Waals surface area contributed by atoms with Crippen LogP contribution < -0.4 is 5.73 Å². The summed E-state index contributed by atoms with van der Waals surface area (Å²) in [6.07, 6.45) is 5.49. The Morgan fingerprint density at radius 1 is 1.31 bits per heavy atom. The quantitative estimate of drug-likeness (QED) is 0.857. The van der Waals surface area contributed by atoms with Gasteiger partial charge in [-0.15, -0.1) is 0 Å². The molecule has 1 aromatic heterocycles. The number of aryl methyl sites for hydroxylation is 2. The number of nitrogens with zero attached hydrogens (tertiary/aromatic N) is 1. The molecule has 16 heavy (non-hydrogen) atoms. The number of benzene rings is 1. The highest BCUT2D eigenvalue weighted by Crippen LogP contribution is 2.29. The van der Waals surface area contributed by atoms with Crippen LogP contribution >= 0.6 is 15.9 Å². The van der Waals surface area contributed by atoms with E-state index in [-0.39, 0.29) is 0 Å². The fraction of sp³-hybridized carbons (Fsp3) is 0.385. The van der Waals surface area contributed by atoms with E-state index in [1.807, 2.05) is 0 Å². The van der Waals surface area contributed by atoms with Gasteiger partial charge in [-0.2, -0.15) is 0 Å². The molecule has 0 radical (unpaired) electrons. The summed E-state index contributed by atoms with van der Waals surface area (Å²) < 4.78 is 3.35. The smallest absolute Gasteiger partial charge is 0.0492 e. The Hall–Kier alpha value is -0.800. The summed E-state index contributed by atoms with van der Waals surface area (Å²) in [5.41, 5.74) is 8.23. The number of hydrogen-bond donors (Lipinski definition) is 1. The Bertz CT molecular complexity index is 488. The highest BCUT2D eigenvalue weighted by molar-refractivity contribution is 9.10. The number of halogens is 1. The van der Waals surface area contributed by atoms with Crippen LogP contribution in [0.5, 0.6) is 0 Å². The van der Waals surface area contributed by atoms with Gasteiger partial charge in [0.15, 0.2) is 0 Å². The van der Waals surface area contributed by atoms with E-state index in [1.54, 1.807) is 0 Å². The molecule has 2 aromatic rings. The molecule has 86 valence electrons. The Morgan fingerprint density at radius 3 is 2.88 bits per heavy atom. The minimum absolute atomic E-state index is 0.784. The average Bonchev–Trinajstić information content (AvgIpc) is 2.56. The zero-order chi connectivity index (χ0) is 11.5. The average molecular weight is 281 g/mol. The molecule has 0 spiro atoms. The van der Waals surface area contributed by atoms with E-state index in [1.165, 1.54) is 20.9 Å². The summed E-state index contributed by atoms with van der Waals surface area (Å²) in [4.78, 5) is 0. The summed E-state index contributed by atoms with van der Waals surface area (Å²) in [6, 6.07) is 6.50. The SMILES string of the molecule is Cn1cc(Br)c2c(CCCCN)cccc21. The number of unbranched alkanes of at least 4 members (excludes halogenated alkanes) is 1. The van der Waals surface area contributed by atoms with E-state index in [0.29, 0.717) is 0 Å². The van der Waals surface area contributed by atoms with Gasteiger partial charge in [0.1, 0.15) is 0 Å². The van der Waals surface area contributed by atoms with E-state index in [2.05, 4.69) is 51.9 Å². The Balaban J connectivity index is 2.37. The van der Waals surface area contributed by atoms with Crippen molar-refractivity contribution in [2.75, 3.05) is 6.54 Å². The van der Waals surface area contributed by atoms with E-state index >= 15 is 0 Å². The maximum Gasteiger partial charge on any atom is 0.0492 e. The van der Waals surface area contributed by atoms with Gasteiger partial charge in [0.05, 0.1) is 0 Å². The molecular weight excluding hydrogens is 264 g/mol. The standard InChI is InChI=1S/C13H17BrN2/c1-16-9-11(14)13-10(5-2-3-8-15)6-4-7-12(13)16/h4,6-7,9H,2-3,5,8,15H2,1H3. The second kappa shape index (κ2) is 5.02. The van der Waals surface area contributed by atoms with Crippen LogP contribution in [0.15, 0.2) is 28.9 Å². The first-order chi connectivity index (χ1) is 7.74. The van der Waals surface area contributed by atoms with Crippen molar-refractivity contribution in [2.45, 2.75) is 19.3 Å². The first-order valence-electron chi connectivity index (χ1n) is 5.66. The number of nitrogens with two attached hydrogens (primary N) is 1. The van der Waals surface area contributed by atoms with Crippen LogP contribution in [0.1, 0.15) is 18.4 Å². The highest BCUT2D eigenvalue weighted by Gasteiger charge is 2.08. The molecule has 3 heteroatoms. The fourth-order valence-corrected chi connectivity index (χ4v) is 2.89. The van der Waals surface area contributed by atoms with Gasteiger partial charge >= 0.3 is 0 Å². The molecule has 1 heterocycles. The van der Waals surface area contributed by atoms with E-state index in [4.69, 9.17) is 5.73 Å². The zero-order valence-corrected chi connectivity index (χ0v) is 11.1. The van der Waals surface area contributed by atoms with Crippen LogP contribution in [-0.2, 0) is 13.5 Å². The van der Waals surface area contributed by atoms with E-state index < -0.39 is 0 Å². The molecular formula is C13H17BrN2. The lowest BCUT2D eigenvalue weighted by molar-refractivity contribution is 0.747. The van der Waals surface area contributed by atoms with Crippen LogP contribution in [0, 0.1) is 0 Å². The lowest BCUT2D eigenvalue weighted by atomic mass is 10.0. The third-order valence-electron chi connectivity index (χ3n) is 2.95. The predicted octanol–water partition coefficient (Wildman–Crippen LogP) is 3.22. The van der Waals surface area contributed by atoms with Crippen molar-refractivity contribution in [3.63, 3.8) is 0 Å². The monoisotopic (exact) mass is 280 g/mol. The van der Waals surface area contributed by atoms with E-state index in [0.717, 1.165) is 25.8 Å². The third kappa shape index (κ3) is 2.15. The molecule has 2 nitrogen and oxygen atoms in total. The van der Waals surface area contributed by atoms with Crippen molar-refractivity contribution in [1.29, 1.82) is 0 Å². The summed E-state index contributed by atoms with van der Waals surface area (Å²) in [7, 11) is 2.08. The Kier molecular flexibility index (Phi) is 3.66. The van der Waals surface area contributed by atoms with Gasteiger partial charge in [-0.25, -0.2) is 0 Å². The number of fused-ring (bicyclic) bond motifs is 1. The largest absolute Gasteiger partial charge is 0.349 e. The first-order valence-corrected chi connectivity index (χ1v) is 6.46. The molecule has 2 rings (SSSR count). The van der Waals surface area contributed by atoms with Crippen molar-refractivity contribution >= 4 is 26.8 Å². The van der Waals surface area contributed by atoms with Crippen molar-refractivity contribution in [3.05, 3.63) is 34.4 Å². The molecule has 0 bridgehead atoms. The van der Waals surface area contributed by atoms with Gasteiger partial charge in [-0.3, -0.25) is 0 Å². The van der Waals surface area contributed by atoms with Crippen LogP contribution in [0.4, 0.5) is 0 Å². The van der Waals surface area contributed by atoms with Crippen molar-refractivity contribution in [1.82, 2.24) is 4.57 Å². The fourth-order valence-electron chi connectivity index (χ4n) is 2.13. The molecule has 0 saturated carbocycles. The highest BCUT2D eigenvalue weighted by atomic mass is 79.9. The van der Waals surface area contributed by atoms with Crippen molar-refractivity contribution in [3.8, 4) is 0 Å². The Labute approximate surface area is 105 Å². The van der Waals surface area contributed by atoms with Gasteiger partial charge in [-0.05, 0) is 53.4 Å². The second-order valence-corrected chi connectivity index (χ2v) is 5.00. The van der Waals surface area contributed by atoms with Gasteiger partial charge in [0, 0.05) is 28.6 Å². The minimum atomic E-state index is 0.784. The summed E-state index contributed by atoms with van der Waals surface area (Å²) in [5.74, 6) is 0.